The third kappa shape index (κ3) is 16.8. The van der Waals surface area contributed by atoms with Crippen molar-refractivity contribution < 1.29 is 269 Å². The van der Waals surface area contributed by atoms with Crippen LogP contribution in [0.3, 0.4) is 0 Å². The van der Waals surface area contributed by atoms with Crippen molar-refractivity contribution in [1.29, 1.82) is 0 Å². The zero-order chi connectivity index (χ0) is 37.4. The first-order valence-electron chi connectivity index (χ1n) is 12.9. The molecular weight excluding hydrogens is 869 g/mol. The van der Waals surface area contributed by atoms with Gasteiger partial charge in [0.25, 0.3) is 0 Å². The molecule has 54 heavy (non-hydrogen) atoms. The first kappa shape index (κ1) is 61.4. The van der Waals surface area contributed by atoms with E-state index in [1.165, 1.54) is 4.72 Å². The molecule has 286 valence electrons. The van der Waals surface area contributed by atoms with Gasteiger partial charge in [-0.15, -0.1) is 0 Å². The summed E-state index contributed by atoms with van der Waals surface area (Å²) in [6.07, 6.45) is -34.8. The molecule has 3 saturated heterocycles. The molecule has 3 heterocycles. The van der Waals surface area contributed by atoms with Crippen molar-refractivity contribution in [3.05, 3.63) is 0 Å². The van der Waals surface area contributed by atoms with Gasteiger partial charge in [0.1, 0.15) is 61.0 Å². The maximum absolute atomic E-state index is 11.8. The molecule has 0 aromatic rings. The smallest absolute Gasteiger partial charge is 0.735 e. The maximum atomic E-state index is 11.8. The second kappa shape index (κ2) is 25.3. The number of nitrogens with one attached hydrogen (secondary N) is 1. The first-order chi connectivity index (χ1) is 22.4. The Balaban J connectivity index is -0.00000520. The minimum Gasteiger partial charge on any atom is -0.735 e. The van der Waals surface area contributed by atoms with Gasteiger partial charge in [-0.1, -0.05) is 0 Å². The molecule has 0 amide bonds. The van der Waals surface area contributed by atoms with Crippen LogP contribution in [0.15, 0.2) is 0 Å². The van der Waals surface area contributed by atoms with Crippen molar-refractivity contribution >= 4 is 43.0 Å². The van der Waals surface area contributed by atoms with E-state index in [-0.39, 0.29) is 148 Å². The van der Waals surface area contributed by atoms with Gasteiger partial charge in [0.15, 0.2) is 41.4 Å². The number of carboxylic acid groups (broad SMARTS) is 2. The number of rotatable bonds is 14. The van der Waals surface area contributed by atoms with Crippen LogP contribution in [0.25, 0.3) is 0 Å². The number of aliphatic hydroxyl groups is 5. The van der Waals surface area contributed by atoms with Crippen LogP contribution in [-0.4, -0.2) is 182 Å². The van der Waals surface area contributed by atoms with Gasteiger partial charge < -0.3 is 87.4 Å². The molecule has 0 radical (unpaired) electrons. The molecule has 0 spiro atoms. The summed E-state index contributed by atoms with van der Waals surface area (Å²) in [5.74, 6) is -4.49. The number of carbonyl (C=O) groups excluding carboxylic acids is 2. The second-order valence-electron chi connectivity index (χ2n) is 10.1. The Morgan fingerprint density at radius 3 is 1.48 bits per heavy atom. The molecule has 3 aliphatic rings. The van der Waals surface area contributed by atoms with Gasteiger partial charge in [-0.25, -0.2) is 30.0 Å². The maximum Gasteiger partial charge on any atom is 1.00 e. The molecule has 0 unspecified atom stereocenters. The Kier molecular flexibility index (Phi) is 28.7. The molecule has 0 bridgehead atoms. The quantitative estimate of drug-likeness (QED) is 0.0535. The monoisotopic (exact) mass is 895 g/mol. The largest absolute Gasteiger partial charge is 1.00 e. The third-order valence-electron chi connectivity index (χ3n) is 6.94. The van der Waals surface area contributed by atoms with Crippen LogP contribution < -0.4 is 163 Å². The topological polar surface area (TPSA) is 439 Å². The average Bonchev–Trinajstić information content (AvgIpc) is 2.95. The van der Waals surface area contributed by atoms with Gasteiger partial charge in [-0.2, -0.15) is 0 Å². The van der Waals surface area contributed by atoms with E-state index in [0.29, 0.717) is 0 Å². The average molecular weight is 896 g/mol. The van der Waals surface area contributed by atoms with E-state index >= 15 is 0 Å². The number of ether oxygens (including phenoxy) is 6. The summed E-state index contributed by atoms with van der Waals surface area (Å²) < 4.78 is 142. The molecule has 0 saturated carbocycles. The number of carbonyl (C=O) groups is 2. The summed E-state index contributed by atoms with van der Waals surface area (Å²) in [7, 11) is -16.5. The minimum absolute atomic E-state index is 0. The Morgan fingerprint density at radius 2 is 1.07 bits per heavy atom. The summed E-state index contributed by atoms with van der Waals surface area (Å²) in [6.45, 7) is -1.36. The molecule has 0 aromatic carbocycles. The number of hydrogen-bond acceptors (Lipinski definition) is 26. The van der Waals surface area contributed by atoms with Crippen molar-refractivity contribution in [3.63, 3.8) is 0 Å². The summed E-state index contributed by atoms with van der Waals surface area (Å²) in [5, 5.41) is 75.4. The van der Waals surface area contributed by atoms with Crippen LogP contribution in [0.4, 0.5) is 0 Å². The zero-order valence-electron chi connectivity index (χ0n) is 28.9. The Bertz CT molecular complexity index is 1530. The van der Waals surface area contributed by atoms with Gasteiger partial charge >= 0.3 is 148 Å². The Hall–Kier alpha value is 3.11. The van der Waals surface area contributed by atoms with Crippen LogP contribution in [0.5, 0.6) is 0 Å². The number of methoxy groups -OCH3 is 1. The normalized spacial score (nSPS) is 37.1. The first-order valence-corrected chi connectivity index (χ1v) is 17.0. The fourth-order valence-corrected chi connectivity index (χ4v) is 6.47. The molecule has 0 aliphatic carbocycles. The van der Waals surface area contributed by atoms with Crippen LogP contribution in [0.2, 0.25) is 0 Å². The summed E-state index contributed by atoms with van der Waals surface area (Å²) in [5.41, 5.74) is 0. The Labute approximate surface area is 416 Å². The molecule has 3 rings (SSSR count). The molecule has 6 N–H and O–H groups in total. The van der Waals surface area contributed by atoms with Crippen LogP contribution >= 0.6 is 0 Å². The summed E-state index contributed by atoms with van der Waals surface area (Å²) in [4.78, 5) is 23.3. The molecule has 35 heteroatoms. The van der Waals surface area contributed by atoms with Crippen LogP contribution in [0, 0.1) is 0 Å². The van der Waals surface area contributed by atoms with E-state index in [9.17, 15) is 84.2 Å². The van der Waals surface area contributed by atoms with Gasteiger partial charge in [0.05, 0.1) is 18.5 Å². The fraction of sp³-hybridized carbons (Fsp3) is 0.895. The molecular formula is C19H26NNa5O26S3. The number of aliphatic carboxylic acids is 2. The third-order valence-corrected chi connectivity index (χ3v) is 8.41. The van der Waals surface area contributed by atoms with Gasteiger partial charge in [-0.05, 0) is 0 Å². The van der Waals surface area contributed by atoms with Gasteiger partial charge in [-0.3, -0.25) is 8.37 Å². The molecule has 27 nitrogen and oxygen atoms in total. The number of carboxylic acids is 2. The van der Waals surface area contributed by atoms with Crippen molar-refractivity contribution in [2.24, 2.45) is 0 Å². The molecule has 3 fully saturated rings. The standard InChI is InChI=1S/C19H31NO26S3.5Na/c1-39-18-13(46-49(36,37)38)8(25)10(14(44-18)16(28)29)42-17-4(20-47(30,31)32)5(22)9(3(2-21)40-17)41-19-12(45-48(33,34)35)7(24)6(23)11(43-19)15(26)27;;;;;/h3-14,17-25H,2H2,1H3,(H,26,27)(H,28,29)(H,30,31,32)(H,33,34,35)(H,36,37,38);;;;;/q;5*+1/p-5/t3-,4-,5-,6+,7+,8+,9-,10+,11-,12-,13-,14-,17-,18-,19-;;;;;/m1...../s1. The van der Waals surface area contributed by atoms with Crippen molar-refractivity contribution in [1.82, 2.24) is 4.72 Å². The molecule has 0 aromatic heterocycles. The summed E-state index contributed by atoms with van der Waals surface area (Å²) in [6, 6.07) is -2.55. The Morgan fingerprint density at radius 1 is 0.630 bits per heavy atom. The molecule has 3 aliphatic heterocycles. The fourth-order valence-electron chi connectivity index (χ4n) is 4.93. The van der Waals surface area contributed by atoms with Crippen LogP contribution in [0.1, 0.15) is 0 Å². The van der Waals surface area contributed by atoms with Gasteiger partial charge in [0, 0.05) is 7.11 Å². The number of hydrogen-bond donors (Lipinski definition) is 6. The second-order valence-corrected chi connectivity index (χ2v) is 13.3. The van der Waals surface area contributed by atoms with Crippen molar-refractivity contribution in [2.75, 3.05) is 13.7 Å². The van der Waals surface area contributed by atoms with Gasteiger partial charge in [0.2, 0.25) is 20.8 Å². The van der Waals surface area contributed by atoms with E-state index < -0.39 is 142 Å². The van der Waals surface area contributed by atoms with E-state index in [0.717, 1.165) is 7.11 Å². The number of aliphatic hydroxyl groups excluding tert-OH is 5. The van der Waals surface area contributed by atoms with Crippen molar-refractivity contribution in [2.45, 2.75) is 92.1 Å². The van der Waals surface area contributed by atoms with E-state index in [4.69, 9.17) is 23.7 Å². The SMILES string of the molecule is CO[C@@H]1O[C@@H](C(=O)[O-])[C@@H](O[C@H]2O[C@H](CO)[C@@H](O[C@@H]3O[C@@H](C(=O)[O-])[C@@H](O)[C@H](O)[C@H]3OS(=O)(=O)[O-])[C@H](O)[C@H]2NS(=O)(=O)[O-])[C@H](O)[C@H]1OS(=O)(=O)[O-].[Na+].[Na+].[Na+].[Na+].[Na+]. The predicted molar refractivity (Wildman–Crippen MR) is 130 cm³/mol. The van der Waals surface area contributed by atoms with Crippen molar-refractivity contribution in [3.8, 4) is 0 Å². The van der Waals surface area contributed by atoms with E-state index in [1.807, 2.05) is 0 Å². The zero-order valence-corrected chi connectivity index (χ0v) is 41.4. The molecule has 15 atom stereocenters. The summed E-state index contributed by atoms with van der Waals surface area (Å²) >= 11 is 0. The predicted octanol–water partition coefficient (Wildman–Crippen LogP) is -26.4. The van der Waals surface area contributed by atoms with Crippen LogP contribution in [-0.2, 0) is 77.5 Å². The minimum atomic E-state index is -5.83. The van der Waals surface area contributed by atoms with E-state index in [1.54, 1.807) is 0 Å². The van der Waals surface area contributed by atoms with E-state index in [2.05, 4.69) is 13.1 Å².